The minimum Gasteiger partial charge on any atom is -0.373 e. The van der Waals surface area contributed by atoms with Crippen LogP contribution in [0.2, 0.25) is 5.04 Å². The minimum atomic E-state index is -2.56. The van der Waals surface area contributed by atoms with Gasteiger partial charge in [0.15, 0.2) is 0 Å². The highest BCUT2D eigenvalue weighted by molar-refractivity contribution is 6.64. The Morgan fingerprint density at radius 3 is 1.53 bits per heavy atom. The van der Waals surface area contributed by atoms with Gasteiger partial charge in [-0.2, -0.15) is 0 Å². The van der Waals surface area contributed by atoms with E-state index in [0.29, 0.717) is 19.8 Å². The summed E-state index contributed by atoms with van der Waals surface area (Å²) in [7, 11) is -2.56. The Balaban J connectivity index is 4.93. The number of hydrogen-bond donors (Lipinski definition) is 0. The maximum absolute atomic E-state index is 5.97. The summed E-state index contributed by atoms with van der Waals surface area (Å²) < 4.78 is 17.9. The van der Waals surface area contributed by atoms with E-state index in [1.807, 2.05) is 20.8 Å². The monoisotopic (exact) mass is 262 g/mol. The Hall–Kier alpha value is 0.0969. The van der Waals surface area contributed by atoms with Crippen molar-refractivity contribution >= 4 is 8.80 Å². The fraction of sp³-hybridized carbons (Fsp3) is 1.00. The molecule has 0 fully saturated rings. The van der Waals surface area contributed by atoms with Gasteiger partial charge in [0.2, 0.25) is 0 Å². The van der Waals surface area contributed by atoms with E-state index < -0.39 is 8.80 Å². The Bertz CT molecular complexity index is 178. The molecule has 0 aliphatic carbocycles. The zero-order valence-corrected chi connectivity index (χ0v) is 13.5. The first-order valence-electron chi connectivity index (χ1n) is 6.91. The molecule has 0 saturated carbocycles. The molecule has 0 saturated heterocycles. The van der Waals surface area contributed by atoms with E-state index in [2.05, 4.69) is 20.8 Å². The maximum Gasteiger partial charge on any atom is 0.506 e. The van der Waals surface area contributed by atoms with Crippen molar-refractivity contribution < 1.29 is 13.3 Å². The van der Waals surface area contributed by atoms with Crippen LogP contribution >= 0.6 is 0 Å². The summed E-state index contributed by atoms with van der Waals surface area (Å²) in [5.41, 5.74) is 0. The highest BCUT2D eigenvalue weighted by Gasteiger charge is 2.54. The molecule has 0 heterocycles. The molecule has 0 aromatic heterocycles. The highest BCUT2D eigenvalue weighted by Crippen LogP contribution is 2.43. The summed E-state index contributed by atoms with van der Waals surface area (Å²) in [5, 5.41) is -0.00889. The van der Waals surface area contributed by atoms with Crippen LogP contribution in [0.3, 0.4) is 0 Å². The number of unbranched alkanes of at least 4 members (excludes halogenated alkanes) is 1. The van der Waals surface area contributed by atoms with Crippen molar-refractivity contribution in [1.29, 1.82) is 0 Å². The van der Waals surface area contributed by atoms with Crippen molar-refractivity contribution in [3.8, 4) is 0 Å². The third-order valence-electron chi connectivity index (χ3n) is 2.99. The molecule has 0 aromatic rings. The summed E-state index contributed by atoms with van der Waals surface area (Å²) >= 11 is 0. The largest absolute Gasteiger partial charge is 0.506 e. The van der Waals surface area contributed by atoms with Gasteiger partial charge in [0.05, 0.1) is 0 Å². The lowest BCUT2D eigenvalue weighted by molar-refractivity contribution is 0.0461. The second-order valence-electron chi connectivity index (χ2n) is 4.84. The quantitative estimate of drug-likeness (QED) is 0.557. The minimum absolute atomic E-state index is 0.00889. The molecule has 17 heavy (non-hydrogen) atoms. The maximum atomic E-state index is 5.97. The van der Waals surface area contributed by atoms with E-state index in [1.54, 1.807) is 0 Å². The first kappa shape index (κ1) is 17.1. The third kappa shape index (κ3) is 4.70. The Morgan fingerprint density at radius 2 is 1.24 bits per heavy atom. The van der Waals surface area contributed by atoms with Crippen molar-refractivity contribution in [1.82, 2.24) is 0 Å². The van der Waals surface area contributed by atoms with Crippen LogP contribution in [0.5, 0.6) is 0 Å². The molecule has 3 nitrogen and oxygen atoms in total. The summed E-state index contributed by atoms with van der Waals surface area (Å²) in [5.74, 6) is 0. The Morgan fingerprint density at radius 1 is 0.824 bits per heavy atom. The van der Waals surface area contributed by atoms with Crippen molar-refractivity contribution in [2.45, 2.75) is 65.8 Å². The molecule has 104 valence electrons. The smallest absolute Gasteiger partial charge is 0.373 e. The molecular formula is C13H30O3Si. The van der Waals surface area contributed by atoms with Gasteiger partial charge in [0.25, 0.3) is 0 Å². The van der Waals surface area contributed by atoms with E-state index in [1.165, 1.54) is 12.8 Å². The third-order valence-corrected chi connectivity index (χ3v) is 6.90. The van der Waals surface area contributed by atoms with Crippen molar-refractivity contribution in [3.05, 3.63) is 0 Å². The molecular weight excluding hydrogens is 232 g/mol. The van der Waals surface area contributed by atoms with Gasteiger partial charge >= 0.3 is 8.80 Å². The van der Waals surface area contributed by atoms with Gasteiger partial charge in [-0.05, 0) is 27.2 Å². The number of hydrogen-bond acceptors (Lipinski definition) is 3. The molecule has 0 rings (SSSR count). The van der Waals surface area contributed by atoms with Crippen LogP contribution in [0.4, 0.5) is 0 Å². The van der Waals surface area contributed by atoms with Crippen molar-refractivity contribution in [2.75, 3.05) is 19.8 Å². The molecule has 0 spiro atoms. The lowest BCUT2D eigenvalue weighted by Gasteiger charge is -2.40. The van der Waals surface area contributed by atoms with Gasteiger partial charge in [0, 0.05) is 24.9 Å². The predicted molar refractivity (Wildman–Crippen MR) is 74.2 cm³/mol. The Kier molecular flexibility index (Phi) is 8.29. The van der Waals surface area contributed by atoms with Gasteiger partial charge in [-0.3, -0.25) is 0 Å². The molecule has 0 amide bonds. The average molecular weight is 262 g/mol. The number of rotatable bonds is 10. The zero-order chi connectivity index (χ0) is 13.4. The fourth-order valence-corrected chi connectivity index (χ4v) is 5.10. The first-order chi connectivity index (χ1) is 7.99. The van der Waals surface area contributed by atoms with Gasteiger partial charge in [-0.25, -0.2) is 0 Å². The summed E-state index contributed by atoms with van der Waals surface area (Å²) in [6.45, 7) is 14.6. The summed E-state index contributed by atoms with van der Waals surface area (Å²) in [4.78, 5) is 0. The molecule has 4 heteroatoms. The average Bonchev–Trinajstić information content (AvgIpc) is 2.27. The molecule has 0 aliphatic rings. The topological polar surface area (TPSA) is 27.7 Å². The van der Waals surface area contributed by atoms with Crippen LogP contribution in [0.15, 0.2) is 0 Å². The standard InChI is InChI=1S/C13H30O3Si/c1-7-11-12-13(5,6)17(14-8-2,15-9-3)16-10-4/h7-12H2,1-6H3. The van der Waals surface area contributed by atoms with Gasteiger partial charge in [0.1, 0.15) is 0 Å². The van der Waals surface area contributed by atoms with E-state index in [-0.39, 0.29) is 5.04 Å². The van der Waals surface area contributed by atoms with Crippen molar-refractivity contribution in [3.63, 3.8) is 0 Å². The molecule has 0 radical (unpaired) electrons. The van der Waals surface area contributed by atoms with Crippen LogP contribution in [0.1, 0.15) is 60.8 Å². The van der Waals surface area contributed by atoms with Gasteiger partial charge < -0.3 is 13.3 Å². The second-order valence-corrected chi connectivity index (χ2v) is 8.17. The molecule has 0 bridgehead atoms. The van der Waals surface area contributed by atoms with Crippen LogP contribution in [-0.2, 0) is 13.3 Å². The molecule has 0 aliphatic heterocycles. The zero-order valence-electron chi connectivity index (χ0n) is 12.5. The van der Waals surface area contributed by atoms with Gasteiger partial charge in [-0.1, -0.05) is 33.6 Å². The van der Waals surface area contributed by atoms with Gasteiger partial charge in [-0.15, -0.1) is 0 Å². The van der Waals surface area contributed by atoms with Crippen LogP contribution < -0.4 is 0 Å². The second kappa shape index (κ2) is 8.24. The normalized spacial score (nSPS) is 13.1. The summed E-state index contributed by atoms with van der Waals surface area (Å²) in [6, 6.07) is 0. The fourth-order valence-electron chi connectivity index (χ4n) is 2.05. The lowest BCUT2D eigenvalue weighted by atomic mass is 10.1. The van der Waals surface area contributed by atoms with Crippen LogP contribution in [0, 0.1) is 0 Å². The highest BCUT2D eigenvalue weighted by atomic mass is 28.4. The van der Waals surface area contributed by atoms with Crippen LogP contribution in [-0.4, -0.2) is 28.6 Å². The van der Waals surface area contributed by atoms with Crippen LogP contribution in [0.25, 0.3) is 0 Å². The molecule has 0 unspecified atom stereocenters. The molecule has 0 N–H and O–H groups in total. The first-order valence-corrected chi connectivity index (χ1v) is 8.64. The SMILES string of the molecule is CCCCC(C)(C)[Si](OCC)(OCC)OCC. The predicted octanol–water partition coefficient (Wildman–Crippen LogP) is 4.01. The lowest BCUT2D eigenvalue weighted by Crippen LogP contribution is -2.54. The van der Waals surface area contributed by atoms with E-state index >= 15 is 0 Å². The van der Waals surface area contributed by atoms with E-state index in [0.717, 1.165) is 6.42 Å². The summed E-state index contributed by atoms with van der Waals surface area (Å²) in [6.07, 6.45) is 3.48. The Labute approximate surface area is 108 Å². The van der Waals surface area contributed by atoms with E-state index in [4.69, 9.17) is 13.3 Å². The molecule has 0 aromatic carbocycles. The van der Waals surface area contributed by atoms with E-state index in [9.17, 15) is 0 Å². The molecule has 0 atom stereocenters. The van der Waals surface area contributed by atoms with Crippen molar-refractivity contribution in [2.24, 2.45) is 0 Å².